The fourth-order valence-electron chi connectivity index (χ4n) is 2.19. The van der Waals surface area contributed by atoms with Gasteiger partial charge in [0.05, 0.1) is 6.42 Å². The Morgan fingerprint density at radius 1 is 1.60 bits per heavy atom. The number of hydrogen-bond acceptors (Lipinski definition) is 2. The Kier molecular flexibility index (Phi) is 3.41. The zero-order valence-corrected chi connectivity index (χ0v) is 9.85. The zero-order valence-electron chi connectivity index (χ0n) is 9.03. The van der Waals surface area contributed by atoms with Crippen LogP contribution < -0.4 is 5.32 Å². The minimum atomic E-state index is 0.177. The van der Waals surface area contributed by atoms with Crippen molar-refractivity contribution in [3.63, 3.8) is 0 Å². The van der Waals surface area contributed by atoms with Crippen LogP contribution in [0.2, 0.25) is 0 Å². The lowest BCUT2D eigenvalue weighted by atomic mass is 10.1. The van der Waals surface area contributed by atoms with Crippen molar-refractivity contribution in [2.75, 3.05) is 0 Å². The maximum Gasteiger partial charge on any atom is 0.225 e. The van der Waals surface area contributed by atoms with Crippen LogP contribution in [-0.2, 0) is 11.2 Å². The molecule has 1 amide bonds. The first kappa shape index (κ1) is 10.7. The van der Waals surface area contributed by atoms with Crippen LogP contribution in [0.15, 0.2) is 17.5 Å². The summed E-state index contributed by atoms with van der Waals surface area (Å²) in [6.45, 7) is 2.26. The van der Waals surface area contributed by atoms with Gasteiger partial charge in [-0.1, -0.05) is 13.0 Å². The third kappa shape index (κ3) is 3.06. The largest absolute Gasteiger partial charge is 0.353 e. The van der Waals surface area contributed by atoms with Gasteiger partial charge in [0, 0.05) is 10.9 Å². The number of thiophene rings is 1. The van der Waals surface area contributed by atoms with Crippen molar-refractivity contribution in [3.8, 4) is 0 Å². The van der Waals surface area contributed by atoms with Crippen LogP contribution in [0.4, 0.5) is 0 Å². The van der Waals surface area contributed by atoms with Crippen molar-refractivity contribution in [1.29, 1.82) is 0 Å². The summed E-state index contributed by atoms with van der Waals surface area (Å²) in [7, 11) is 0. The molecule has 0 aliphatic heterocycles. The normalized spacial score (nSPS) is 25.4. The second-order valence-corrected chi connectivity index (χ2v) is 5.47. The van der Waals surface area contributed by atoms with Crippen molar-refractivity contribution in [2.24, 2.45) is 5.92 Å². The fourth-order valence-corrected chi connectivity index (χ4v) is 2.89. The van der Waals surface area contributed by atoms with Crippen LogP contribution in [-0.4, -0.2) is 11.9 Å². The molecule has 1 aromatic rings. The van der Waals surface area contributed by atoms with E-state index in [1.807, 2.05) is 17.5 Å². The third-order valence-corrected chi connectivity index (χ3v) is 3.85. The molecule has 0 radical (unpaired) electrons. The molecule has 2 rings (SSSR count). The molecular formula is C12H17NOS. The number of amides is 1. The van der Waals surface area contributed by atoms with Crippen LogP contribution in [0.25, 0.3) is 0 Å². The second-order valence-electron chi connectivity index (χ2n) is 4.44. The van der Waals surface area contributed by atoms with E-state index >= 15 is 0 Å². The number of hydrogen-bond donors (Lipinski definition) is 1. The predicted octanol–water partition coefficient (Wildman–Crippen LogP) is 2.60. The third-order valence-electron chi connectivity index (χ3n) is 2.97. The smallest absolute Gasteiger partial charge is 0.225 e. The molecular weight excluding hydrogens is 206 g/mol. The minimum absolute atomic E-state index is 0.177. The van der Waals surface area contributed by atoms with Crippen molar-refractivity contribution in [1.82, 2.24) is 5.32 Å². The molecule has 2 unspecified atom stereocenters. The number of nitrogens with one attached hydrogen (secondary N) is 1. The summed E-state index contributed by atoms with van der Waals surface area (Å²) in [6, 6.07) is 4.43. The number of carbonyl (C=O) groups excluding carboxylic acids is 1. The molecule has 2 atom stereocenters. The van der Waals surface area contributed by atoms with Gasteiger partial charge in [-0.2, -0.15) is 0 Å². The number of carbonyl (C=O) groups is 1. The van der Waals surface area contributed by atoms with Crippen LogP contribution in [0, 0.1) is 5.92 Å². The number of rotatable bonds is 3. The second kappa shape index (κ2) is 4.79. The zero-order chi connectivity index (χ0) is 10.7. The molecule has 0 saturated heterocycles. The van der Waals surface area contributed by atoms with Gasteiger partial charge in [0.1, 0.15) is 0 Å². The van der Waals surface area contributed by atoms with Gasteiger partial charge in [-0.25, -0.2) is 0 Å². The first-order valence-corrected chi connectivity index (χ1v) is 6.44. The van der Waals surface area contributed by atoms with Gasteiger partial charge in [0.2, 0.25) is 5.91 Å². The van der Waals surface area contributed by atoms with E-state index in [0.29, 0.717) is 12.5 Å². The standard InChI is InChI=1S/C12H17NOS/c1-9-4-5-10(7-9)13-12(14)8-11-3-2-6-15-11/h2-3,6,9-10H,4-5,7-8H2,1H3,(H,13,14). The fraction of sp³-hybridized carbons (Fsp3) is 0.583. The Morgan fingerprint density at radius 3 is 3.07 bits per heavy atom. The van der Waals surface area contributed by atoms with E-state index in [-0.39, 0.29) is 5.91 Å². The summed E-state index contributed by atoms with van der Waals surface area (Å²) in [4.78, 5) is 12.8. The first-order valence-electron chi connectivity index (χ1n) is 5.56. The van der Waals surface area contributed by atoms with Crippen molar-refractivity contribution in [3.05, 3.63) is 22.4 Å². The maximum atomic E-state index is 11.7. The highest BCUT2D eigenvalue weighted by molar-refractivity contribution is 7.10. The lowest BCUT2D eigenvalue weighted by Crippen LogP contribution is -2.33. The molecule has 1 saturated carbocycles. The van der Waals surface area contributed by atoms with Gasteiger partial charge < -0.3 is 5.32 Å². The van der Waals surface area contributed by atoms with E-state index in [1.165, 1.54) is 6.42 Å². The molecule has 15 heavy (non-hydrogen) atoms. The Hall–Kier alpha value is -0.830. The quantitative estimate of drug-likeness (QED) is 0.838. The van der Waals surface area contributed by atoms with Crippen LogP contribution >= 0.6 is 11.3 Å². The summed E-state index contributed by atoms with van der Waals surface area (Å²) in [6.07, 6.45) is 4.10. The van der Waals surface area contributed by atoms with Gasteiger partial charge >= 0.3 is 0 Å². The maximum absolute atomic E-state index is 11.7. The highest BCUT2D eigenvalue weighted by Crippen LogP contribution is 2.24. The van der Waals surface area contributed by atoms with E-state index in [1.54, 1.807) is 11.3 Å². The van der Waals surface area contributed by atoms with E-state index in [9.17, 15) is 4.79 Å². The van der Waals surface area contributed by atoms with Gasteiger partial charge in [0.25, 0.3) is 0 Å². The van der Waals surface area contributed by atoms with Gasteiger partial charge in [-0.15, -0.1) is 11.3 Å². The van der Waals surface area contributed by atoms with E-state index in [4.69, 9.17) is 0 Å². The van der Waals surface area contributed by atoms with E-state index in [0.717, 1.165) is 23.6 Å². The van der Waals surface area contributed by atoms with Gasteiger partial charge in [-0.3, -0.25) is 4.79 Å². The SMILES string of the molecule is CC1CCC(NC(=O)Cc2cccs2)C1. The Bertz CT molecular complexity index is 320. The summed E-state index contributed by atoms with van der Waals surface area (Å²) >= 11 is 1.65. The molecule has 0 spiro atoms. The van der Waals surface area contributed by atoms with E-state index < -0.39 is 0 Å². The van der Waals surface area contributed by atoms with Crippen molar-refractivity contribution < 1.29 is 4.79 Å². The Labute approximate surface area is 94.7 Å². The first-order chi connectivity index (χ1) is 7.24. The van der Waals surface area contributed by atoms with Crippen molar-refractivity contribution >= 4 is 17.2 Å². The predicted molar refractivity (Wildman–Crippen MR) is 63.0 cm³/mol. The molecule has 1 N–H and O–H groups in total. The summed E-state index contributed by atoms with van der Waals surface area (Å²) in [5, 5.41) is 5.13. The Morgan fingerprint density at radius 2 is 2.47 bits per heavy atom. The lowest BCUT2D eigenvalue weighted by molar-refractivity contribution is -0.121. The van der Waals surface area contributed by atoms with E-state index in [2.05, 4.69) is 12.2 Å². The monoisotopic (exact) mass is 223 g/mol. The molecule has 1 heterocycles. The van der Waals surface area contributed by atoms with Crippen molar-refractivity contribution in [2.45, 2.75) is 38.6 Å². The molecule has 3 heteroatoms. The molecule has 1 aliphatic rings. The summed E-state index contributed by atoms with van der Waals surface area (Å²) in [5.74, 6) is 0.952. The summed E-state index contributed by atoms with van der Waals surface area (Å²) < 4.78 is 0. The minimum Gasteiger partial charge on any atom is -0.353 e. The highest BCUT2D eigenvalue weighted by atomic mass is 32.1. The molecule has 2 nitrogen and oxygen atoms in total. The van der Waals surface area contributed by atoms with Crippen LogP contribution in [0.3, 0.4) is 0 Å². The highest BCUT2D eigenvalue weighted by Gasteiger charge is 2.22. The van der Waals surface area contributed by atoms with Gasteiger partial charge in [0.15, 0.2) is 0 Å². The molecule has 1 aliphatic carbocycles. The summed E-state index contributed by atoms with van der Waals surface area (Å²) in [5.41, 5.74) is 0. The topological polar surface area (TPSA) is 29.1 Å². The molecule has 1 aromatic heterocycles. The van der Waals surface area contributed by atoms with Gasteiger partial charge in [-0.05, 0) is 36.6 Å². The molecule has 1 fully saturated rings. The molecule has 0 aromatic carbocycles. The van der Waals surface area contributed by atoms with Crippen LogP contribution in [0.1, 0.15) is 31.1 Å². The Balaban J connectivity index is 1.78. The van der Waals surface area contributed by atoms with Crippen LogP contribution in [0.5, 0.6) is 0 Å². The molecule has 0 bridgehead atoms. The molecule has 82 valence electrons. The average molecular weight is 223 g/mol. The lowest BCUT2D eigenvalue weighted by Gasteiger charge is -2.11. The average Bonchev–Trinajstić information content (AvgIpc) is 2.77.